The van der Waals surface area contributed by atoms with Crippen LogP contribution in [0.4, 0.5) is 0 Å². The van der Waals surface area contributed by atoms with E-state index in [4.69, 9.17) is 10.5 Å². The molecule has 0 spiro atoms. The molecular weight excluding hydrogens is 198 g/mol. The molecule has 0 saturated heterocycles. The van der Waals surface area contributed by atoms with E-state index in [0.717, 1.165) is 18.9 Å². The molecule has 96 valence electrons. The summed E-state index contributed by atoms with van der Waals surface area (Å²) in [6, 6.07) is 0.384. The zero-order chi connectivity index (χ0) is 11.8. The van der Waals surface area contributed by atoms with Gasteiger partial charge < -0.3 is 10.5 Å². The van der Waals surface area contributed by atoms with Gasteiger partial charge in [0.15, 0.2) is 0 Å². The summed E-state index contributed by atoms with van der Waals surface area (Å²) in [5.41, 5.74) is 5.96. The third kappa shape index (κ3) is 5.31. The molecule has 1 rings (SSSR count). The van der Waals surface area contributed by atoms with Gasteiger partial charge in [0.25, 0.3) is 0 Å². The lowest BCUT2D eigenvalue weighted by molar-refractivity contribution is 0.00128. The molecule has 1 aliphatic carbocycles. The molecule has 3 unspecified atom stereocenters. The van der Waals surface area contributed by atoms with E-state index in [9.17, 15) is 0 Å². The van der Waals surface area contributed by atoms with Crippen molar-refractivity contribution in [2.75, 3.05) is 6.61 Å². The monoisotopic (exact) mass is 227 g/mol. The minimum Gasteiger partial charge on any atom is -0.378 e. The van der Waals surface area contributed by atoms with E-state index in [-0.39, 0.29) is 0 Å². The summed E-state index contributed by atoms with van der Waals surface area (Å²) in [4.78, 5) is 0. The van der Waals surface area contributed by atoms with Crippen LogP contribution in [0, 0.1) is 5.92 Å². The molecule has 0 aromatic carbocycles. The molecule has 1 fully saturated rings. The second-order valence-electron chi connectivity index (χ2n) is 5.30. The van der Waals surface area contributed by atoms with Crippen LogP contribution in [-0.4, -0.2) is 18.8 Å². The van der Waals surface area contributed by atoms with Gasteiger partial charge in [0.1, 0.15) is 0 Å². The first-order valence-electron chi connectivity index (χ1n) is 7.13. The molecule has 1 aliphatic rings. The molecular formula is C14H29NO. The normalized spacial score (nSPS) is 27.9. The topological polar surface area (TPSA) is 35.2 Å². The van der Waals surface area contributed by atoms with Crippen molar-refractivity contribution in [1.82, 2.24) is 0 Å². The molecule has 0 bridgehead atoms. The summed E-state index contributed by atoms with van der Waals surface area (Å²) < 4.78 is 6.02. The van der Waals surface area contributed by atoms with E-state index in [1.54, 1.807) is 0 Å². The van der Waals surface area contributed by atoms with Crippen molar-refractivity contribution in [3.8, 4) is 0 Å². The summed E-state index contributed by atoms with van der Waals surface area (Å²) in [5, 5.41) is 0. The van der Waals surface area contributed by atoms with Crippen LogP contribution >= 0.6 is 0 Å². The molecule has 0 amide bonds. The molecule has 3 atom stereocenters. The van der Waals surface area contributed by atoms with Gasteiger partial charge in [0, 0.05) is 12.6 Å². The number of hydrogen-bond acceptors (Lipinski definition) is 2. The van der Waals surface area contributed by atoms with E-state index >= 15 is 0 Å². The lowest BCUT2D eigenvalue weighted by Gasteiger charge is -2.28. The molecule has 2 nitrogen and oxygen atoms in total. The third-order valence-electron chi connectivity index (χ3n) is 3.78. The Balaban J connectivity index is 2.15. The van der Waals surface area contributed by atoms with Crippen molar-refractivity contribution in [2.45, 2.75) is 77.4 Å². The predicted octanol–water partition coefficient (Wildman–Crippen LogP) is 3.49. The van der Waals surface area contributed by atoms with Crippen molar-refractivity contribution < 1.29 is 4.74 Å². The van der Waals surface area contributed by atoms with Gasteiger partial charge in [-0.25, -0.2) is 0 Å². The van der Waals surface area contributed by atoms with Crippen molar-refractivity contribution in [3.05, 3.63) is 0 Å². The number of unbranched alkanes of at least 4 members (excludes halogenated alkanes) is 1. The van der Waals surface area contributed by atoms with Gasteiger partial charge in [-0.1, -0.05) is 33.1 Å². The second kappa shape index (κ2) is 8.08. The highest BCUT2D eigenvalue weighted by molar-refractivity contribution is 4.75. The van der Waals surface area contributed by atoms with E-state index in [1.165, 1.54) is 44.9 Å². The summed E-state index contributed by atoms with van der Waals surface area (Å²) >= 11 is 0. The predicted molar refractivity (Wildman–Crippen MR) is 69.5 cm³/mol. The third-order valence-corrected chi connectivity index (χ3v) is 3.78. The van der Waals surface area contributed by atoms with Gasteiger partial charge >= 0.3 is 0 Å². The van der Waals surface area contributed by atoms with E-state index < -0.39 is 0 Å². The van der Waals surface area contributed by atoms with E-state index in [0.29, 0.717) is 12.1 Å². The fourth-order valence-electron chi connectivity index (χ4n) is 2.50. The second-order valence-corrected chi connectivity index (χ2v) is 5.30. The first-order chi connectivity index (χ1) is 7.76. The molecule has 0 aromatic rings. The highest BCUT2D eigenvalue weighted by atomic mass is 16.5. The number of hydrogen-bond donors (Lipinski definition) is 1. The van der Waals surface area contributed by atoms with Crippen LogP contribution < -0.4 is 5.73 Å². The van der Waals surface area contributed by atoms with Crippen LogP contribution in [0.3, 0.4) is 0 Å². The molecule has 16 heavy (non-hydrogen) atoms. The van der Waals surface area contributed by atoms with Crippen molar-refractivity contribution >= 4 is 0 Å². The highest BCUT2D eigenvalue weighted by Crippen LogP contribution is 2.22. The smallest absolute Gasteiger partial charge is 0.0590 e. The maximum atomic E-state index is 6.02. The molecule has 2 N–H and O–H groups in total. The molecule has 0 heterocycles. The summed E-state index contributed by atoms with van der Waals surface area (Å²) in [7, 11) is 0. The Hall–Kier alpha value is -0.0800. The fourth-order valence-corrected chi connectivity index (χ4v) is 2.50. The minimum atomic E-state index is 0.384. The average molecular weight is 227 g/mol. The Morgan fingerprint density at radius 3 is 2.75 bits per heavy atom. The van der Waals surface area contributed by atoms with E-state index in [2.05, 4.69) is 13.8 Å². The quantitative estimate of drug-likeness (QED) is 0.722. The lowest BCUT2D eigenvalue weighted by Crippen LogP contribution is -2.33. The Morgan fingerprint density at radius 1 is 1.31 bits per heavy atom. The standard InChI is InChI=1S/C14H29NO/c1-3-5-7-12(4-2)11-16-14-9-6-8-13(15)10-14/h12-14H,3-11,15H2,1-2H3. The minimum absolute atomic E-state index is 0.384. The van der Waals surface area contributed by atoms with Crippen molar-refractivity contribution in [2.24, 2.45) is 11.7 Å². The highest BCUT2D eigenvalue weighted by Gasteiger charge is 2.20. The summed E-state index contributed by atoms with van der Waals surface area (Å²) in [6.07, 6.45) is 10.4. The molecule has 1 saturated carbocycles. The molecule has 2 heteroatoms. The van der Waals surface area contributed by atoms with Gasteiger partial charge in [-0.05, 0) is 38.0 Å². The van der Waals surface area contributed by atoms with Crippen molar-refractivity contribution in [1.29, 1.82) is 0 Å². The van der Waals surface area contributed by atoms with Gasteiger partial charge in [-0.2, -0.15) is 0 Å². The van der Waals surface area contributed by atoms with E-state index in [1.807, 2.05) is 0 Å². The Labute approximate surface area is 101 Å². The van der Waals surface area contributed by atoms with Gasteiger partial charge in [0.05, 0.1) is 6.10 Å². The summed E-state index contributed by atoms with van der Waals surface area (Å²) in [5.74, 6) is 0.762. The first kappa shape index (κ1) is 14.0. The maximum Gasteiger partial charge on any atom is 0.0590 e. The molecule has 0 radical (unpaired) electrons. The molecule has 0 aliphatic heterocycles. The maximum absolute atomic E-state index is 6.02. The largest absolute Gasteiger partial charge is 0.378 e. The van der Waals surface area contributed by atoms with Gasteiger partial charge in [0.2, 0.25) is 0 Å². The van der Waals surface area contributed by atoms with Crippen LogP contribution in [0.5, 0.6) is 0 Å². The fraction of sp³-hybridized carbons (Fsp3) is 1.00. The van der Waals surface area contributed by atoms with Crippen LogP contribution in [0.15, 0.2) is 0 Å². The average Bonchev–Trinajstić information content (AvgIpc) is 2.29. The first-order valence-corrected chi connectivity index (χ1v) is 7.13. The number of nitrogens with two attached hydrogens (primary N) is 1. The zero-order valence-corrected chi connectivity index (χ0v) is 11.1. The Kier molecular flexibility index (Phi) is 7.06. The number of rotatable bonds is 7. The summed E-state index contributed by atoms with van der Waals surface area (Å²) in [6.45, 7) is 5.48. The van der Waals surface area contributed by atoms with Crippen molar-refractivity contribution in [3.63, 3.8) is 0 Å². The Morgan fingerprint density at radius 2 is 2.12 bits per heavy atom. The SMILES string of the molecule is CCCCC(CC)COC1CCCC(N)C1. The zero-order valence-electron chi connectivity index (χ0n) is 11.1. The Bertz CT molecular complexity index is 172. The lowest BCUT2D eigenvalue weighted by atomic mass is 9.93. The van der Waals surface area contributed by atoms with Crippen LogP contribution in [0.1, 0.15) is 65.2 Å². The van der Waals surface area contributed by atoms with Gasteiger partial charge in [-0.15, -0.1) is 0 Å². The van der Waals surface area contributed by atoms with Crippen LogP contribution in [0.25, 0.3) is 0 Å². The van der Waals surface area contributed by atoms with Crippen LogP contribution in [-0.2, 0) is 4.74 Å². The van der Waals surface area contributed by atoms with Gasteiger partial charge in [-0.3, -0.25) is 0 Å². The van der Waals surface area contributed by atoms with Crippen LogP contribution in [0.2, 0.25) is 0 Å². The number of ether oxygens (including phenoxy) is 1. The molecule has 0 aromatic heterocycles.